The van der Waals surface area contributed by atoms with Gasteiger partial charge in [-0.3, -0.25) is 9.89 Å². The lowest BCUT2D eigenvalue weighted by Crippen LogP contribution is -2.29. The van der Waals surface area contributed by atoms with Crippen LogP contribution in [0, 0.1) is 3.95 Å². The van der Waals surface area contributed by atoms with Crippen molar-refractivity contribution in [3.05, 3.63) is 82.8 Å². The molecule has 0 saturated heterocycles. The Morgan fingerprint density at radius 1 is 1.00 bits per heavy atom. The van der Waals surface area contributed by atoms with E-state index in [1.54, 1.807) is 24.1 Å². The number of para-hydroxylation sites is 1. The number of ether oxygens (including phenoxy) is 2. The number of nitrogens with one attached hydrogen (secondary N) is 2. The zero-order valence-corrected chi connectivity index (χ0v) is 18.8. The number of benzene rings is 3. The van der Waals surface area contributed by atoms with Crippen LogP contribution in [0.2, 0.25) is 0 Å². The number of H-pyrrole nitrogens is 1. The summed E-state index contributed by atoms with van der Waals surface area (Å²) in [5.74, 6) is 1.97. The molecule has 0 aliphatic heterocycles. The van der Waals surface area contributed by atoms with Crippen LogP contribution in [0.15, 0.2) is 78.9 Å². The molecule has 3 aromatic carbocycles. The van der Waals surface area contributed by atoms with Crippen LogP contribution in [0.5, 0.6) is 17.2 Å². The van der Waals surface area contributed by atoms with E-state index in [0.29, 0.717) is 20.5 Å². The van der Waals surface area contributed by atoms with Gasteiger partial charge >= 0.3 is 0 Å². The van der Waals surface area contributed by atoms with Crippen LogP contribution >= 0.6 is 23.6 Å². The summed E-state index contributed by atoms with van der Waals surface area (Å²) in [6.45, 7) is 0.0602. The lowest BCUT2D eigenvalue weighted by Gasteiger charge is -2.21. The lowest BCUT2D eigenvalue weighted by atomic mass is 10.2. The Labute approximate surface area is 194 Å². The number of methoxy groups -OCH3 is 1. The van der Waals surface area contributed by atoms with E-state index in [1.165, 1.54) is 11.3 Å². The van der Waals surface area contributed by atoms with Crippen molar-refractivity contribution in [1.82, 2.24) is 10.2 Å². The first-order valence-electron chi connectivity index (χ1n) is 9.70. The van der Waals surface area contributed by atoms with Crippen LogP contribution in [-0.2, 0) is 4.79 Å². The van der Waals surface area contributed by atoms with E-state index in [-0.39, 0.29) is 12.5 Å². The van der Waals surface area contributed by atoms with Gasteiger partial charge in [0.2, 0.25) is 11.0 Å². The minimum absolute atomic E-state index is 0.0602. The average molecular weight is 465 g/mol. The van der Waals surface area contributed by atoms with E-state index in [1.807, 2.05) is 66.7 Å². The van der Waals surface area contributed by atoms with Crippen LogP contribution in [-0.4, -0.2) is 29.8 Å². The summed E-state index contributed by atoms with van der Waals surface area (Å²) in [5.41, 5.74) is 1.46. The van der Waals surface area contributed by atoms with E-state index in [2.05, 4.69) is 15.5 Å². The molecule has 0 aliphatic carbocycles. The summed E-state index contributed by atoms with van der Waals surface area (Å²) in [6, 6.07) is 24.1. The maximum atomic E-state index is 12.8. The Kier molecular flexibility index (Phi) is 6.78. The molecule has 4 rings (SSSR count). The number of carbonyl (C=O) groups is 1. The van der Waals surface area contributed by atoms with E-state index < -0.39 is 0 Å². The Hall–Kier alpha value is -3.69. The predicted octanol–water partition coefficient (Wildman–Crippen LogP) is 5.78. The fourth-order valence-corrected chi connectivity index (χ4v) is 3.84. The van der Waals surface area contributed by atoms with E-state index in [0.717, 1.165) is 17.2 Å². The molecule has 0 atom stereocenters. The van der Waals surface area contributed by atoms with Crippen LogP contribution in [0.25, 0.3) is 0 Å². The van der Waals surface area contributed by atoms with Crippen molar-refractivity contribution in [2.75, 3.05) is 23.9 Å². The molecule has 32 heavy (non-hydrogen) atoms. The van der Waals surface area contributed by atoms with Gasteiger partial charge in [-0.05, 0) is 72.9 Å². The predicted molar refractivity (Wildman–Crippen MR) is 129 cm³/mol. The van der Waals surface area contributed by atoms with Crippen molar-refractivity contribution >= 4 is 46.0 Å². The van der Waals surface area contributed by atoms with Crippen molar-refractivity contribution in [2.24, 2.45) is 0 Å². The van der Waals surface area contributed by atoms with Crippen molar-refractivity contribution in [3.63, 3.8) is 0 Å². The molecular weight excluding hydrogens is 444 g/mol. The highest BCUT2D eigenvalue weighted by molar-refractivity contribution is 7.73. The van der Waals surface area contributed by atoms with Crippen molar-refractivity contribution in [3.8, 4) is 17.2 Å². The first-order valence-corrected chi connectivity index (χ1v) is 10.9. The molecule has 7 nitrogen and oxygen atoms in total. The molecule has 0 unspecified atom stereocenters. The maximum Gasteiger partial charge on any atom is 0.244 e. The summed E-state index contributed by atoms with van der Waals surface area (Å²) < 4.78 is 11.5. The van der Waals surface area contributed by atoms with Gasteiger partial charge in [-0.25, -0.2) is 0 Å². The second kappa shape index (κ2) is 10.1. The smallest absolute Gasteiger partial charge is 0.244 e. The summed E-state index contributed by atoms with van der Waals surface area (Å²) in [4.78, 5) is 14.6. The SMILES string of the molecule is COc1ccc(N(CC(=O)Nc2ccc(Oc3ccccc3)cc2)c2n[nH]c(=S)s2)cc1. The van der Waals surface area contributed by atoms with Crippen molar-refractivity contribution < 1.29 is 14.3 Å². The largest absolute Gasteiger partial charge is 0.497 e. The van der Waals surface area contributed by atoms with Crippen LogP contribution in [0.3, 0.4) is 0 Å². The van der Waals surface area contributed by atoms with Gasteiger partial charge in [-0.15, -0.1) is 5.10 Å². The third-order valence-corrected chi connectivity index (χ3v) is 5.57. The Balaban J connectivity index is 1.45. The number of nitrogens with zero attached hydrogens (tertiary/aromatic N) is 2. The normalized spacial score (nSPS) is 10.4. The number of hydrogen-bond donors (Lipinski definition) is 2. The van der Waals surface area contributed by atoms with Gasteiger partial charge in [-0.1, -0.05) is 29.5 Å². The molecule has 9 heteroatoms. The number of anilines is 3. The zero-order valence-electron chi connectivity index (χ0n) is 17.1. The standard InChI is InChI=1S/C23H20N4O3S2/c1-29-18-13-9-17(10-14-18)27(22-25-26-23(31)32-22)15-21(28)24-16-7-11-20(12-8-16)30-19-5-3-2-4-6-19/h2-14H,15H2,1H3,(H,24,28)(H,26,31). The zero-order chi connectivity index (χ0) is 22.3. The highest BCUT2D eigenvalue weighted by atomic mass is 32.1. The number of carbonyl (C=O) groups excluding carboxylic acids is 1. The molecule has 0 radical (unpaired) electrons. The number of rotatable bonds is 8. The minimum Gasteiger partial charge on any atom is -0.497 e. The first kappa shape index (κ1) is 21.5. The molecule has 0 aliphatic rings. The second-order valence-electron chi connectivity index (χ2n) is 6.67. The number of aromatic amines is 1. The van der Waals surface area contributed by atoms with Crippen LogP contribution in [0.1, 0.15) is 0 Å². The first-order chi connectivity index (χ1) is 15.6. The van der Waals surface area contributed by atoms with Gasteiger partial charge in [-0.2, -0.15) is 0 Å². The average Bonchev–Trinajstić information content (AvgIpc) is 3.25. The molecule has 2 N–H and O–H groups in total. The highest BCUT2D eigenvalue weighted by Gasteiger charge is 2.17. The summed E-state index contributed by atoms with van der Waals surface area (Å²) in [7, 11) is 1.61. The quantitative estimate of drug-likeness (QED) is 0.322. The summed E-state index contributed by atoms with van der Waals surface area (Å²) in [5, 5.41) is 10.5. The van der Waals surface area contributed by atoms with Gasteiger partial charge in [0.1, 0.15) is 23.8 Å². The Morgan fingerprint density at radius 3 is 2.28 bits per heavy atom. The van der Waals surface area contributed by atoms with Crippen molar-refractivity contribution in [2.45, 2.75) is 0 Å². The molecule has 0 saturated carbocycles. The molecule has 1 heterocycles. The van der Waals surface area contributed by atoms with E-state index >= 15 is 0 Å². The molecule has 0 bridgehead atoms. The van der Waals surface area contributed by atoms with E-state index in [4.69, 9.17) is 21.7 Å². The van der Waals surface area contributed by atoms with Gasteiger partial charge in [0, 0.05) is 11.4 Å². The monoisotopic (exact) mass is 464 g/mol. The molecule has 0 spiro atoms. The number of hydrogen-bond acceptors (Lipinski definition) is 7. The minimum atomic E-state index is -0.196. The fraction of sp³-hybridized carbons (Fsp3) is 0.0870. The third kappa shape index (κ3) is 5.51. The fourth-order valence-electron chi connectivity index (χ4n) is 2.94. The van der Waals surface area contributed by atoms with Crippen LogP contribution < -0.4 is 19.7 Å². The van der Waals surface area contributed by atoms with Gasteiger partial charge < -0.3 is 19.7 Å². The lowest BCUT2D eigenvalue weighted by molar-refractivity contribution is -0.114. The Morgan fingerprint density at radius 2 is 1.66 bits per heavy atom. The molecule has 162 valence electrons. The van der Waals surface area contributed by atoms with Gasteiger partial charge in [0.05, 0.1) is 7.11 Å². The van der Waals surface area contributed by atoms with Gasteiger partial charge in [0.15, 0.2) is 3.95 Å². The maximum absolute atomic E-state index is 12.8. The van der Waals surface area contributed by atoms with Crippen LogP contribution in [0.4, 0.5) is 16.5 Å². The van der Waals surface area contributed by atoms with E-state index in [9.17, 15) is 4.79 Å². The Bertz CT molecular complexity index is 1220. The summed E-state index contributed by atoms with van der Waals surface area (Å²) >= 11 is 6.46. The number of amides is 1. The molecule has 4 aromatic rings. The molecule has 1 amide bonds. The highest BCUT2D eigenvalue weighted by Crippen LogP contribution is 2.29. The number of aromatic nitrogens is 2. The topological polar surface area (TPSA) is 79.5 Å². The molecular formula is C23H20N4O3S2. The van der Waals surface area contributed by atoms with Gasteiger partial charge in [0.25, 0.3) is 0 Å². The summed E-state index contributed by atoms with van der Waals surface area (Å²) in [6.07, 6.45) is 0. The second-order valence-corrected chi connectivity index (χ2v) is 8.31. The third-order valence-electron chi connectivity index (χ3n) is 4.46. The van der Waals surface area contributed by atoms with Crippen molar-refractivity contribution in [1.29, 1.82) is 0 Å². The molecule has 0 fully saturated rings. The molecule has 1 aromatic heterocycles.